The molecule has 0 spiro atoms. The van der Waals surface area contributed by atoms with Gasteiger partial charge in [0.05, 0.1) is 0 Å². The van der Waals surface area contributed by atoms with Gasteiger partial charge in [0.2, 0.25) is 0 Å². The zero-order valence-electron chi connectivity index (χ0n) is 15.2. The molecule has 0 saturated heterocycles. The fourth-order valence-electron chi connectivity index (χ4n) is 4.40. The maximum atomic E-state index is 2.41. The first-order valence-corrected chi connectivity index (χ1v) is 8.48. The minimum absolute atomic E-state index is 1.39. The second kappa shape index (κ2) is 4.47. The topological polar surface area (TPSA) is 0 Å². The van der Waals surface area contributed by atoms with Crippen LogP contribution in [0.5, 0.6) is 0 Å². The third kappa shape index (κ3) is 1.67. The van der Waals surface area contributed by atoms with Gasteiger partial charge in [0, 0.05) is 0 Å². The Balaban J connectivity index is 2.51. The zero-order valence-corrected chi connectivity index (χ0v) is 15.2. The molecule has 0 atom stereocenters. The van der Waals surface area contributed by atoms with Crippen molar-refractivity contribution in [2.75, 3.05) is 0 Å². The molecule has 0 N–H and O–H groups in total. The van der Waals surface area contributed by atoms with Crippen LogP contribution in [0.15, 0.2) is 18.2 Å². The van der Waals surface area contributed by atoms with Crippen LogP contribution in [0, 0.1) is 48.5 Å². The van der Waals surface area contributed by atoms with Crippen molar-refractivity contribution >= 4 is 32.3 Å². The van der Waals surface area contributed by atoms with Crippen LogP contribution in [-0.2, 0) is 0 Å². The van der Waals surface area contributed by atoms with E-state index in [-0.39, 0.29) is 0 Å². The lowest BCUT2D eigenvalue weighted by atomic mass is 9.82. The average molecular weight is 300 g/mol. The van der Waals surface area contributed by atoms with Crippen molar-refractivity contribution in [1.82, 2.24) is 0 Å². The molecule has 0 fully saturated rings. The van der Waals surface area contributed by atoms with Crippen molar-refractivity contribution in [3.63, 3.8) is 0 Å². The molecule has 4 aromatic carbocycles. The van der Waals surface area contributed by atoms with E-state index in [1.165, 1.54) is 71.3 Å². The second-order valence-electron chi connectivity index (χ2n) is 7.35. The van der Waals surface area contributed by atoms with Crippen LogP contribution in [-0.4, -0.2) is 0 Å². The summed E-state index contributed by atoms with van der Waals surface area (Å²) in [6.07, 6.45) is 0. The first kappa shape index (κ1) is 14.5. The quantitative estimate of drug-likeness (QED) is 0.315. The number of benzene rings is 4. The molecule has 0 aliphatic carbocycles. The Morgan fingerprint density at radius 1 is 0.391 bits per heavy atom. The lowest BCUT2D eigenvalue weighted by Crippen LogP contribution is -1.98. The van der Waals surface area contributed by atoms with E-state index in [1.807, 2.05) is 0 Å². The Labute approximate surface area is 138 Å². The minimum atomic E-state index is 1.39. The van der Waals surface area contributed by atoms with E-state index in [0.717, 1.165) is 0 Å². The summed E-state index contributed by atoms with van der Waals surface area (Å²) < 4.78 is 0. The largest absolute Gasteiger partial charge is 0.0508 e. The average Bonchev–Trinajstić information content (AvgIpc) is 2.51. The summed E-state index contributed by atoms with van der Waals surface area (Å²) in [6, 6.07) is 7.19. The molecule has 0 aliphatic rings. The summed E-state index contributed by atoms with van der Waals surface area (Å²) in [5.74, 6) is 0. The highest BCUT2D eigenvalue weighted by Crippen LogP contribution is 2.43. The van der Waals surface area contributed by atoms with E-state index in [0.29, 0.717) is 0 Å². The van der Waals surface area contributed by atoms with E-state index in [2.05, 4.69) is 66.7 Å². The lowest BCUT2D eigenvalue weighted by Gasteiger charge is -2.22. The molecule has 0 bridgehead atoms. The molecule has 0 heterocycles. The highest BCUT2D eigenvalue weighted by atomic mass is 14.2. The molecule has 0 aromatic heterocycles. The molecule has 0 aliphatic heterocycles. The summed E-state index contributed by atoms with van der Waals surface area (Å²) in [5, 5.41) is 8.69. The number of aryl methyl sites for hydroxylation is 6. The second-order valence-corrected chi connectivity index (χ2v) is 7.35. The summed E-state index contributed by atoms with van der Waals surface area (Å²) in [4.78, 5) is 0. The third-order valence-corrected chi connectivity index (χ3v) is 6.11. The zero-order chi connectivity index (χ0) is 16.6. The highest BCUT2D eigenvalue weighted by Gasteiger charge is 2.18. The van der Waals surface area contributed by atoms with Crippen LogP contribution in [0.3, 0.4) is 0 Å². The SMILES string of the molecule is Cc1cc2c(C)cc3c(C)c(C)c(C)c4cc(C)c(c1C)c2c34. The van der Waals surface area contributed by atoms with Crippen LogP contribution < -0.4 is 0 Å². The third-order valence-electron chi connectivity index (χ3n) is 6.11. The van der Waals surface area contributed by atoms with Gasteiger partial charge < -0.3 is 0 Å². The van der Waals surface area contributed by atoms with Crippen molar-refractivity contribution in [1.29, 1.82) is 0 Å². The van der Waals surface area contributed by atoms with E-state index < -0.39 is 0 Å². The molecule has 0 heteroatoms. The fourth-order valence-corrected chi connectivity index (χ4v) is 4.40. The molecular formula is C23H24. The molecule has 4 rings (SSSR count). The van der Waals surface area contributed by atoms with Crippen LogP contribution in [0.4, 0.5) is 0 Å². The van der Waals surface area contributed by atoms with Crippen LogP contribution in [0.25, 0.3) is 32.3 Å². The molecule has 0 saturated carbocycles. The van der Waals surface area contributed by atoms with Crippen molar-refractivity contribution in [2.45, 2.75) is 48.5 Å². The normalized spacial score (nSPS) is 12.1. The van der Waals surface area contributed by atoms with Crippen LogP contribution in [0.1, 0.15) is 38.9 Å². The standard InChI is InChI=1S/C23H24/c1-11-8-18-12(2)9-19-16(6)15(5)17(7)20-10-13(3)21(14(11)4)23(18)22(19)20/h8-10H,1-7H3. The van der Waals surface area contributed by atoms with Gasteiger partial charge in [-0.15, -0.1) is 0 Å². The predicted molar refractivity (Wildman–Crippen MR) is 103 cm³/mol. The van der Waals surface area contributed by atoms with E-state index in [1.54, 1.807) is 0 Å². The predicted octanol–water partition coefficient (Wildman–Crippen LogP) is 6.74. The maximum Gasteiger partial charge on any atom is -0.00184 e. The Morgan fingerprint density at radius 3 is 1.52 bits per heavy atom. The van der Waals surface area contributed by atoms with Gasteiger partial charge in [-0.1, -0.05) is 18.2 Å². The Morgan fingerprint density at radius 2 is 0.913 bits per heavy atom. The molecule has 23 heavy (non-hydrogen) atoms. The summed E-state index contributed by atoms with van der Waals surface area (Å²) >= 11 is 0. The van der Waals surface area contributed by atoms with Gasteiger partial charge in [-0.25, -0.2) is 0 Å². The number of rotatable bonds is 0. The minimum Gasteiger partial charge on any atom is -0.0508 e. The first-order valence-electron chi connectivity index (χ1n) is 8.48. The van der Waals surface area contributed by atoms with Crippen molar-refractivity contribution in [3.05, 3.63) is 57.1 Å². The van der Waals surface area contributed by atoms with E-state index >= 15 is 0 Å². The number of hydrogen-bond acceptors (Lipinski definition) is 0. The maximum absolute atomic E-state index is 2.41. The van der Waals surface area contributed by atoms with Crippen molar-refractivity contribution in [3.8, 4) is 0 Å². The van der Waals surface area contributed by atoms with Crippen LogP contribution in [0.2, 0.25) is 0 Å². The van der Waals surface area contributed by atoms with Gasteiger partial charge in [0.15, 0.2) is 0 Å². The summed E-state index contributed by atoms with van der Waals surface area (Å²) in [5.41, 5.74) is 9.92. The van der Waals surface area contributed by atoms with Crippen LogP contribution >= 0.6 is 0 Å². The molecule has 0 radical (unpaired) electrons. The van der Waals surface area contributed by atoms with Gasteiger partial charge in [0.1, 0.15) is 0 Å². The number of hydrogen-bond donors (Lipinski definition) is 0. The fraction of sp³-hybridized carbons (Fsp3) is 0.304. The Bertz CT molecular complexity index is 1090. The van der Waals surface area contributed by atoms with Gasteiger partial charge in [0.25, 0.3) is 0 Å². The van der Waals surface area contributed by atoms with Gasteiger partial charge in [-0.2, -0.15) is 0 Å². The lowest BCUT2D eigenvalue weighted by molar-refractivity contribution is 1.31. The molecule has 0 nitrogen and oxygen atoms in total. The van der Waals surface area contributed by atoms with Gasteiger partial charge in [-0.3, -0.25) is 0 Å². The molecular weight excluding hydrogens is 276 g/mol. The molecule has 116 valence electrons. The smallest absolute Gasteiger partial charge is 0.00184 e. The van der Waals surface area contributed by atoms with E-state index in [4.69, 9.17) is 0 Å². The van der Waals surface area contributed by atoms with E-state index in [9.17, 15) is 0 Å². The summed E-state index contributed by atoms with van der Waals surface area (Å²) in [6.45, 7) is 15.9. The molecule has 0 unspecified atom stereocenters. The Hall–Kier alpha value is -2.08. The highest BCUT2D eigenvalue weighted by molar-refractivity contribution is 6.26. The van der Waals surface area contributed by atoms with Gasteiger partial charge >= 0.3 is 0 Å². The van der Waals surface area contributed by atoms with Gasteiger partial charge in [-0.05, 0) is 120 Å². The monoisotopic (exact) mass is 300 g/mol. The molecule has 0 amide bonds. The first-order chi connectivity index (χ1) is 10.8. The molecule has 4 aromatic rings. The van der Waals surface area contributed by atoms with Crippen molar-refractivity contribution < 1.29 is 0 Å². The Kier molecular flexibility index (Phi) is 2.82. The van der Waals surface area contributed by atoms with Crippen molar-refractivity contribution in [2.24, 2.45) is 0 Å². The summed E-state index contributed by atoms with van der Waals surface area (Å²) in [7, 11) is 0.